The standard InChI is InChI=1S/C14H26N2O2/c1-4-18-11-8-10(14(11)6-5-7-14)16-13(17)12(15)9(2)3/h9-12H,4-8,15H2,1-3H3,(H,16,17)/t10?,11?,12-/m0/s1. The predicted octanol–water partition coefficient (Wildman–Crippen LogP) is 1.43. The van der Waals surface area contributed by atoms with Gasteiger partial charge in [-0.25, -0.2) is 0 Å². The Balaban J connectivity index is 1.90. The number of nitrogens with one attached hydrogen (secondary N) is 1. The average molecular weight is 254 g/mol. The van der Waals surface area contributed by atoms with Gasteiger partial charge in [0, 0.05) is 18.1 Å². The Morgan fingerprint density at radius 2 is 2.17 bits per heavy atom. The van der Waals surface area contributed by atoms with E-state index < -0.39 is 6.04 Å². The zero-order chi connectivity index (χ0) is 13.3. The molecule has 4 heteroatoms. The quantitative estimate of drug-likeness (QED) is 0.780. The number of ether oxygens (including phenoxy) is 1. The van der Waals surface area contributed by atoms with Crippen molar-refractivity contribution in [2.75, 3.05) is 6.61 Å². The van der Waals surface area contributed by atoms with Crippen molar-refractivity contribution in [3.8, 4) is 0 Å². The van der Waals surface area contributed by atoms with E-state index in [1.165, 1.54) is 19.3 Å². The van der Waals surface area contributed by atoms with Gasteiger partial charge in [0.25, 0.3) is 0 Å². The first-order valence-electron chi connectivity index (χ1n) is 7.19. The molecule has 0 aliphatic heterocycles. The second-order valence-corrected chi connectivity index (χ2v) is 6.10. The summed E-state index contributed by atoms with van der Waals surface area (Å²) in [4.78, 5) is 12.0. The molecule has 104 valence electrons. The van der Waals surface area contributed by atoms with Crippen molar-refractivity contribution in [2.45, 2.75) is 64.6 Å². The molecule has 2 aliphatic carbocycles. The first-order valence-corrected chi connectivity index (χ1v) is 7.19. The Hall–Kier alpha value is -0.610. The number of carbonyl (C=O) groups excluding carboxylic acids is 1. The maximum atomic E-state index is 12.0. The van der Waals surface area contributed by atoms with E-state index in [2.05, 4.69) is 5.32 Å². The smallest absolute Gasteiger partial charge is 0.237 e. The summed E-state index contributed by atoms with van der Waals surface area (Å²) in [5.41, 5.74) is 6.11. The first-order chi connectivity index (χ1) is 8.51. The molecule has 2 rings (SSSR count). The Morgan fingerprint density at radius 1 is 1.50 bits per heavy atom. The Bertz CT molecular complexity index is 313. The molecule has 4 nitrogen and oxygen atoms in total. The Morgan fingerprint density at radius 3 is 2.61 bits per heavy atom. The van der Waals surface area contributed by atoms with Crippen molar-refractivity contribution in [1.82, 2.24) is 5.32 Å². The monoisotopic (exact) mass is 254 g/mol. The summed E-state index contributed by atoms with van der Waals surface area (Å²) in [6, 6.07) is -0.117. The molecule has 2 unspecified atom stereocenters. The van der Waals surface area contributed by atoms with Gasteiger partial charge in [-0.05, 0) is 32.1 Å². The Kier molecular flexibility index (Phi) is 3.97. The van der Waals surface area contributed by atoms with Crippen molar-refractivity contribution in [3.63, 3.8) is 0 Å². The number of hydrogen-bond acceptors (Lipinski definition) is 3. The fourth-order valence-corrected chi connectivity index (χ4v) is 3.21. The molecule has 0 aromatic carbocycles. The van der Waals surface area contributed by atoms with Crippen LogP contribution in [-0.4, -0.2) is 30.7 Å². The summed E-state index contributed by atoms with van der Waals surface area (Å²) >= 11 is 0. The van der Waals surface area contributed by atoms with Crippen molar-refractivity contribution in [2.24, 2.45) is 17.1 Å². The topological polar surface area (TPSA) is 64.3 Å². The van der Waals surface area contributed by atoms with E-state index in [1.807, 2.05) is 20.8 Å². The second kappa shape index (κ2) is 5.17. The van der Waals surface area contributed by atoms with Crippen LogP contribution in [0.2, 0.25) is 0 Å². The van der Waals surface area contributed by atoms with Gasteiger partial charge in [-0.15, -0.1) is 0 Å². The predicted molar refractivity (Wildman–Crippen MR) is 71.1 cm³/mol. The van der Waals surface area contributed by atoms with Crippen LogP contribution in [0.3, 0.4) is 0 Å². The normalized spacial score (nSPS) is 30.7. The van der Waals surface area contributed by atoms with Crippen LogP contribution in [0.25, 0.3) is 0 Å². The van der Waals surface area contributed by atoms with E-state index in [-0.39, 0.29) is 23.3 Å². The molecular weight excluding hydrogens is 228 g/mol. The van der Waals surface area contributed by atoms with Gasteiger partial charge >= 0.3 is 0 Å². The lowest BCUT2D eigenvalue weighted by Gasteiger charge is -2.61. The second-order valence-electron chi connectivity index (χ2n) is 6.10. The van der Waals surface area contributed by atoms with E-state index in [0.29, 0.717) is 6.10 Å². The number of carbonyl (C=O) groups is 1. The Labute approximate surface area is 110 Å². The van der Waals surface area contributed by atoms with Crippen molar-refractivity contribution in [1.29, 1.82) is 0 Å². The molecule has 0 aromatic heterocycles. The van der Waals surface area contributed by atoms with Crippen molar-refractivity contribution >= 4 is 5.91 Å². The highest BCUT2D eigenvalue weighted by molar-refractivity contribution is 5.82. The summed E-state index contributed by atoms with van der Waals surface area (Å²) < 4.78 is 5.77. The van der Waals surface area contributed by atoms with Crippen molar-refractivity contribution in [3.05, 3.63) is 0 Å². The van der Waals surface area contributed by atoms with Gasteiger partial charge in [-0.2, -0.15) is 0 Å². The molecule has 0 aromatic rings. The molecule has 0 heterocycles. The molecule has 0 radical (unpaired) electrons. The minimum absolute atomic E-state index is 0.00350. The zero-order valence-electron chi connectivity index (χ0n) is 11.7. The molecule has 3 N–H and O–H groups in total. The first kappa shape index (κ1) is 13.8. The summed E-state index contributed by atoms with van der Waals surface area (Å²) in [5, 5.41) is 3.13. The maximum absolute atomic E-state index is 12.0. The highest BCUT2D eigenvalue weighted by atomic mass is 16.5. The minimum atomic E-state index is -0.395. The van der Waals surface area contributed by atoms with Gasteiger partial charge < -0.3 is 15.8 Å². The molecule has 3 atom stereocenters. The van der Waals surface area contributed by atoms with Crippen LogP contribution in [-0.2, 0) is 9.53 Å². The van der Waals surface area contributed by atoms with Crippen LogP contribution < -0.4 is 11.1 Å². The van der Waals surface area contributed by atoms with Gasteiger partial charge in [0.05, 0.1) is 12.1 Å². The van der Waals surface area contributed by atoms with E-state index in [0.717, 1.165) is 13.0 Å². The van der Waals surface area contributed by atoms with Crippen LogP contribution >= 0.6 is 0 Å². The van der Waals surface area contributed by atoms with Gasteiger partial charge in [-0.3, -0.25) is 4.79 Å². The van der Waals surface area contributed by atoms with E-state index in [9.17, 15) is 4.79 Å². The molecule has 2 aliphatic rings. The van der Waals surface area contributed by atoms with E-state index in [1.54, 1.807) is 0 Å². The molecule has 2 fully saturated rings. The summed E-state index contributed by atoms with van der Waals surface area (Å²) in [6.45, 7) is 6.76. The number of amides is 1. The maximum Gasteiger partial charge on any atom is 0.237 e. The molecule has 0 saturated heterocycles. The highest BCUT2D eigenvalue weighted by Crippen LogP contribution is 2.57. The third kappa shape index (κ3) is 2.16. The molecule has 2 saturated carbocycles. The number of hydrogen-bond donors (Lipinski definition) is 2. The highest BCUT2D eigenvalue weighted by Gasteiger charge is 2.59. The fourth-order valence-electron chi connectivity index (χ4n) is 3.21. The lowest BCUT2D eigenvalue weighted by molar-refractivity contribution is -0.176. The third-order valence-electron chi connectivity index (χ3n) is 4.77. The summed E-state index contributed by atoms with van der Waals surface area (Å²) in [7, 11) is 0. The number of rotatable bonds is 5. The molecular formula is C14H26N2O2. The average Bonchev–Trinajstić information content (AvgIpc) is 2.23. The van der Waals surface area contributed by atoms with Crippen LogP contribution in [0, 0.1) is 11.3 Å². The molecule has 1 spiro atoms. The van der Waals surface area contributed by atoms with Crippen LogP contribution in [0.1, 0.15) is 46.5 Å². The fraction of sp³-hybridized carbons (Fsp3) is 0.929. The molecule has 0 bridgehead atoms. The minimum Gasteiger partial charge on any atom is -0.378 e. The number of nitrogens with two attached hydrogens (primary N) is 1. The van der Waals surface area contributed by atoms with Crippen molar-refractivity contribution < 1.29 is 9.53 Å². The van der Waals surface area contributed by atoms with Crippen LogP contribution in [0.15, 0.2) is 0 Å². The summed E-state index contributed by atoms with van der Waals surface area (Å²) in [6.07, 6.45) is 4.91. The molecule has 1 amide bonds. The van der Waals surface area contributed by atoms with Gasteiger partial charge in [-0.1, -0.05) is 20.3 Å². The largest absolute Gasteiger partial charge is 0.378 e. The van der Waals surface area contributed by atoms with Gasteiger partial charge in [0.1, 0.15) is 0 Å². The SMILES string of the molecule is CCOC1CC(NC(=O)[C@@H](N)C(C)C)C12CCC2. The van der Waals surface area contributed by atoms with Gasteiger partial charge in [0.2, 0.25) is 5.91 Å². The van der Waals surface area contributed by atoms with Crippen LogP contribution in [0.4, 0.5) is 0 Å². The third-order valence-corrected chi connectivity index (χ3v) is 4.77. The molecule has 18 heavy (non-hydrogen) atoms. The van der Waals surface area contributed by atoms with E-state index in [4.69, 9.17) is 10.5 Å². The zero-order valence-corrected chi connectivity index (χ0v) is 11.7. The summed E-state index contributed by atoms with van der Waals surface area (Å²) in [5.74, 6) is 0.182. The van der Waals surface area contributed by atoms with Crippen LogP contribution in [0.5, 0.6) is 0 Å². The lowest BCUT2D eigenvalue weighted by atomic mass is 9.51. The van der Waals surface area contributed by atoms with E-state index >= 15 is 0 Å². The van der Waals surface area contributed by atoms with Gasteiger partial charge in [0.15, 0.2) is 0 Å². The lowest BCUT2D eigenvalue weighted by Crippen LogP contribution is -2.68.